The number of hydrogen-bond acceptors (Lipinski definition) is 5. The molecule has 0 radical (unpaired) electrons. The number of hydrogen-bond donors (Lipinski definition) is 4. The van der Waals surface area contributed by atoms with Crippen molar-refractivity contribution in [3.8, 4) is 0 Å². The summed E-state index contributed by atoms with van der Waals surface area (Å²) in [5.41, 5.74) is 0. The van der Waals surface area contributed by atoms with Crippen LogP contribution in [0, 0.1) is 5.92 Å². The van der Waals surface area contributed by atoms with Gasteiger partial charge in [0.2, 0.25) is 0 Å². The van der Waals surface area contributed by atoms with E-state index in [1.807, 2.05) is 0 Å². The first-order valence-electron chi connectivity index (χ1n) is 7.97. The molecule has 0 saturated heterocycles. The van der Waals surface area contributed by atoms with Crippen molar-refractivity contribution in [3.63, 3.8) is 0 Å². The fraction of sp³-hybridized carbons (Fsp3) is 1.00. The molecule has 0 aromatic heterocycles. The van der Waals surface area contributed by atoms with Crippen LogP contribution in [0.25, 0.3) is 0 Å². The van der Waals surface area contributed by atoms with Crippen molar-refractivity contribution in [1.82, 2.24) is 0 Å². The Hall–Kier alpha value is -0.0500. The number of aliphatic hydroxyl groups excluding tert-OH is 1. The second-order valence-electron chi connectivity index (χ2n) is 4.95. The molecule has 4 N–H and O–H groups in total. The molecule has 0 spiro atoms. The molecule has 0 saturated carbocycles. The first-order chi connectivity index (χ1) is 10.8. The Morgan fingerprint density at radius 3 is 1.83 bits per heavy atom. The zero-order valence-corrected chi connectivity index (χ0v) is 15.1. The van der Waals surface area contributed by atoms with Gasteiger partial charge in [-0.05, 0) is 12.3 Å². The molecule has 9 heteroatoms. The highest BCUT2D eigenvalue weighted by Gasteiger charge is 2.05. The normalized spacial score (nSPS) is 12.6. The average molecular weight is 360 g/mol. The number of rotatable bonds is 14. The van der Waals surface area contributed by atoms with E-state index in [0.29, 0.717) is 39.0 Å². The highest BCUT2D eigenvalue weighted by molar-refractivity contribution is 7.45. The number of phosphoric acid groups is 1. The second kappa shape index (κ2) is 18.3. The first kappa shape index (κ1) is 25.2. The zero-order chi connectivity index (χ0) is 18.0. The summed E-state index contributed by atoms with van der Waals surface area (Å²) in [7, 11) is -4.64. The molecule has 1 atom stereocenters. The Morgan fingerprint density at radius 1 is 0.913 bits per heavy atom. The van der Waals surface area contributed by atoms with Gasteiger partial charge in [-0.15, -0.1) is 0 Å². The predicted molar refractivity (Wildman–Crippen MR) is 87.1 cm³/mol. The summed E-state index contributed by atoms with van der Waals surface area (Å²) in [4.78, 5) is 21.6. The highest BCUT2D eigenvalue weighted by atomic mass is 31.2. The van der Waals surface area contributed by atoms with Crippen LogP contribution in [0.3, 0.4) is 0 Å². The summed E-state index contributed by atoms with van der Waals surface area (Å²) in [6.45, 7) is 8.12. The SMILES string of the molecule is CCCCC(CC)COCCOCCOCCO.O=P(O)(O)O. The standard InChI is InChI=1S/C14H30O4.H3O4P/c1-3-5-6-14(4-2)13-18-12-11-17-10-9-16-8-7-15;1-5(2,3)4/h14-15H,3-13H2,1-2H3;(H3,1,2,3,4). The van der Waals surface area contributed by atoms with Crippen LogP contribution in [0.15, 0.2) is 0 Å². The number of aliphatic hydroxyl groups is 1. The third-order valence-electron chi connectivity index (χ3n) is 2.88. The summed E-state index contributed by atoms with van der Waals surface area (Å²) < 4.78 is 24.9. The van der Waals surface area contributed by atoms with Crippen molar-refractivity contribution in [2.24, 2.45) is 5.92 Å². The van der Waals surface area contributed by atoms with Crippen LogP contribution in [-0.4, -0.2) is 66.0 Å². The van der Waals surface area contributed by atoms with Crippen molar-refractivity contribution < 1.29 is 38.6 Å². The maximum Gasteiger partial charge on any atom is 0.466 e. The molecule has 142 valence electrons. The van der Waals surface area contributed by atoms with Crippen LogP contribution < -0.4 is 0 Å². The minimum Gasteiger partial charge on any atom is -0.394 e. The maximum atomic E-state index is 8.88. The van der Waals surface area contributed by atoms with E-state index in [9.17, 15) is 0 Å². The van der Waals surface area contributed by atoms with E-state index in [1.165, 1.54) is 25.7 Å². The molecular weight excluding hydrogens is 327 g/mol. The van der Waals surface area contributed by atoms with Crippen LogP contribution in [-0.2, 0) is 18.8 Å². The fourth-order valence-electron chi connectivity index (χ4n) is 1.65. The minimum atomic E-state index is -4.64. The van der Waals surface area contributed by atoms with Gasteiger partial charge in [0.25, 0.3) is 0 Å². The molecule has 8 nitrogen and oxygen atoms in total. The van der Waals surface area contributed by atoms with Crippen molar-refractivity contribution in [3.05, 3.63) is 0 Å². The van der Waals surface area contributed by atoms with Gasteiger partial charge in [0, 0.05) is 6.61 Å². The topological polar surface area (TPSA) is 126 Å². The molecule has 0 bridgehead atoms. The van der Waals surface area contributed by atoms with Gasteiger partial charge < -0.3 is 34.0 Å². The van der Waals surface area contributed by atoms with Crippen LogP contribution in [0.4, 0.5) is 0 Å². The summed E-state index contributed by atoms with van der Waals surface area (Å²) >= 11 is 0. The molecule has 0 aromatic rings. The third-order valence-corrected chi connectivity index (χ3v) is 2.88. The van der Waals surface area contributed by atoms with Crippen molar-refractivity contribution in [1.29, 1.82) is 0 Å². The minimum absolute atomic E-state index is 0.0687. The lowest BCUT2D eigenvalue weighted by atomic mass is 10.0. The van der Waals surface area contributed by atoms with Crippen molar-refractivity contribution in [2.75, 3.05) is 46.2 Å². The maximum absolute atomic E-state index is 8.88. The van der Waals surface area contributed by atoms with E-state index in [0.717, 1.165) is 6.61 Å². The summed E-state index contributed by atoms with van der Waals surface area (Å²) in [5.74, 6) is 0.692. The lowest BCUT2D eigenvalue weighted by molar-refractivity contribution is 0.000964. The third kappa shape index (κ3) is 30.4. The quantitative estimate of drug-likeness (QED) is 0.270. The van der Waals surface area contributed by atoms with E-state index >= 15 is 0 Å². The smallest absolute Gasteiger partial charge is 0.394 e. The van der Waals surface area contributed by atoms with Crippen molar-refractivity contribution >= 4 is 7.82 Å². The monoisotopic (exact) mass is 360 g/mol. The largest absolute Gasteiger partial charge is 0.466 e. The van der Waals surface area contributed by atoms with Gasteiger partial charge in [-0.2, -0.15) is 0 Å². The Labute approximate surface area is 139 Å². The van der Waals surface area contributed by atoms with E-state index < -0.39 is 7.82 Å². The lowest BCUT2D eigenvalue weighted by Crippen LogP contribution is -2.14. The van der Waals surface area contributed by atoms with Gasteiger partial charge in [-0.3, -0.25) is 0 Å². The Balaban J connectivity index is 0. The van der Waals surface area contributed by atoms with Crippen molar-refractivity contribution in [2.45, 2.75) is 39.5 Å². The van der Waals surface area contributed by atoms with Crippen LogP contribution in [0.2, 0.25) is 0 Å². The van der Waals surface area contributed by atoms with Gasteiger partial charge in [-0.1, -0.05) is 33.1 Å². The Bertz CT molecular complexity index is 263. The molecular formula is C14H33O8P. The zero-order valence-electron chi connectivity index (χ0n) is 14.2. The molecule has 0 aliphatic carbocycles. The summed E-state index contributed by atoms with van der Waals surface area (Å²) in [6.07, 6.45) is 5.01. The van der Waals surface area contributed by atoms with E-state index in [1.54, 1.807) is 0 Å². The van der Waals surface area contributed by atoms with Crippen LogP contribution >= 0.6 is 7.82 Å². The summed E-state index contributed by atoms with van der Waals surface area (Å²) in [5, 5.41) is 8.49. The first-order valence-corrected chi connectivity index (χ1v) is 9.53. The Morgan fingerprint density at radius 2 is 1.39 bits per heavy atom. The molecule has 0 aromatic carbocycles. The molecule has 23 heavy (non-hydrogen) atoms. The van der Waals surface area contributed by atoms with Crippen LogP contribution in [0.1, 0.15) is 39.5 Å². The molecule has 0 amide bonds. The van der Waals surface area contributed by atoms with E-state index in [4.69, 9.17) is 38.6 Å². The van der Waals surface area contributed by atoms with Crippen LogP contribution in [0.5, 0.6) is 0 Å². The average Bonchev–Trinajstić information content (AvgIpc) is 2.47. The molecule has 1 unspecified atom stereocenters. The van der Waals surface area contributed by atoms with E-state index in [-0.39, 0.29) is 6.61 Å². The molecule has 0 aliphatic rings. The fourth-order valence-corrected chi connectivity index (χ4v) is 1.65. The molecule has 0 aliphatic heterocycles. The predicted octanol–water partition coefficient (Wildman–Crippen LogP) is 1.32. The van der Waals surface area contributed by atoms with Gasteiger partial charge in [-0.25, -0.2) is 4.57 Å². The Kier molecular flexibility index (Phi) is 20.0. The molecule has 0 heterocycles. The lowest BCUT2D eigenvalue weighted by Gasteiger charge is -2.14. The second-order valence-corrected chi connectivity index (χ2v) is 5.98. The molecule has 0 rings (SSSR count). The highest BCUT2D eigenvalue weighted by Crippen LogP contribution is 2.25. The van der Waals surface area contributed by atoms with Gasteiger partial charge in [0.1, 0.15) is 0 Å². The number of ether oxygens (including phenoxy) is 3. The summed E-state index contributed by atoms with van der Waals surface area (Å²) in [6, 6.07) is 0. The van der Waals surface area contributed by atoms with Gasteiger partial charge >= 0.3 is 7.82 Å². The van der Waals surface area contributed by atoms with Gasteiger partial charge in [0.15, 0.2) is 0 Å². The molecule has 0 fully saturated rings. The number of unbranched alkanes of at least 4 members (excludes halogenated alkanes) is 1. The van der Waals surface area contributed by atoms with Gasteiger partial charge in [0.05, 0.1) is 39.6 Å². The van der Waals surface area contributed by atoms with E-state index in [2.05, 4.69) is 13.8 Å².